The smallest absolute Gasteiger partial charge is 0.134 e. The largest absolute Gasteiger partial charge is 0.497 e. The average Bonchev–Trinajstić information content (AvgIpc) is 2.74. The molecule has 1 saturated carbocycles. The molecule has 18 heavy (non-hydrogen) atoms. The highest BCUT2D eigenvalue weighted by atomic mass is 79.9. The summed E-state index contributed by atoms with van der Waals surface area (Å²) in [5.74, 6) is -0.0637. The molecule has 0 saturated heterocycles. The van der Waals surface area contributed by atoms with Gasteiger partial charge in [-0.25, -0.2) is 8.78 Å². The molecule has 0 N–H and O–H groups in total. The highest BCUT2D eigenvalue weighted by molar-refractivity contribution is 9.09. The van der Waals surface area contributed by atoms with Crippen molar-refractivity contribution in [2.75, 3.05) is 7.11 Å². The maximum atomic E-state index is 14.0. The van der Waals surface area contributed by atoms with Gasteiger partial charge in [-0.3, -0.25) is 0 Å². The van der Waals surface area contributed by atoms with Crippen LogP contribution >= 0.6 is 15.9 Å². The van der Waals surface area contributed by atoms with Crippen LogP contribution in [0.5, 0.6) is 5.75 Å². The van der Waals surface area contributed by atoms with Gasteiger partial charge in [0.1, 0.15) is 17.4 Å². The third-order valence-electron chi connectivity index (χ3n) is 3.87. The Morgan fingerprint density at radius 3 is 2.33 bits per heavy atom. The van der Waals surface area contributed by atoms with E-state index >= 15 is 0 Å². The van der Waals surface area contributed by atoms with Crippen molar-refractivity contribution in [3.05, 3.63) is 29.3 Å². The van der Waals surface area contributed by atoms with E-state index in [0.29, 0.717) is 11.8 Å². The maximum Gasteiger partial charge on any atom is 0.134 e. The molecule has 1 aliphatic rings. The predicted octanol–water partition coefficient (Wildman–Crippen LogP) is 4.85. The van der Waals surface area contributed by atoms with E-state index in [1.165, 1.54) is 19.2 Å². The van der Waals surface area contributed by atoms with Gasteiger partial charge in [0, 0.05) is 22.5 Å². The topological polar surface area (TPSA) is 9.23 Å². The summed E-state index contributed by atoms with van der Waals surface area (Å²) < 4.78 is 32.8. The summed E-state index contributed by atoms with van der Waals surface area (Å²) in [5.41, 5.74) is 0.134. The Kier molecular flexibility index (Phi) is 4.25. The number of hydrogen-bond acceptors (Lipinski definition) is 1. The quantitative estimate of drug-likeness (QED) is 0.724. The van der Waals surface area contributed by atoms with Crippen molar-refractivity contribution < 1.29 is 13.5 Å². The first-order valence-corrected chi connectivity index (χ1v) is 7.13. The molecule has 1 aliphatic carbocycles. The fourth-order valence-electron chi connectivity index (χ4n) is 2.77. The minimum Gasteiger partial charge on any atom is -0.497 e. The first-order chi connectivity index (χ1) is 8.54. The van der Waals surface area contributed by atoms with E-state index in [1.54, 1.807) is 0 Å². The molecule has 1 fully saturated rings. The molecule has 0 radical (unpaired) electrons. The van der Waals surface area contributed by atoms with E-state index in [9.17, 15) is 8.78 Å². The van der Waals surface area contributed by atoms with E-state index in [0.717, 1.165) is 19.3 Å². The molecule has 0 spiro atoms. The van der Waals surface area contributed by atoms with Crippen LogP contribution in [-0.4, -0.2) is 7.11 Å². The van der Waals surface area contributed by atoms with Gasteiger partial charge < -0.3 is 4.74 Å². The van der Waals surface area contributed by atoms with Crippen molar-refractivity contribution in [1.29, 1.82) is 0 Å². The molecule has 3 unspecified atom stereocenters. The number of methoxy groups -OCH3 is 1. The van der Waals surface area contributed by atoms with Crippen LogP contribution in [0.4, 0.5) is 8.78 Å². The highest BCUT2D eigenvalue weighted by Crippen LogP contribution is 2.46. The zero-order valence-corrected chi connectivity index (χ0v) is 12.1. The Bertz CT molecular complexity index is 413. The van der Waals surface area contributed by atoms with E-state index < -0.39 is 11.6 Å². The monoisotopic (exact) mass is 318 g/mol. The Morgan fingerprint density at radius 2 is 1.89 bits per heavy atom. The number of hydrogen-bond donors (Lipinski definition) is 0. The minimum absolute atomic E-state index is 0.134. The molecule has 0 amide bonds. The first kappa shape index (κ1) is 13.8. The van der Waals surface area contributed by atoms with Gasteiger partial charge >= 0.3 is 0 Å². The standard InChI is InChI=1S/C14H17BrF2O/c1-8-4-3-5-10(8)14(15)13-11(16)6-9(18-2)7-12(13)17/h6-8,10,14H,3-5H2,1-2H3. The Hall–Kier alpha value is -0.640. The molecule has 100 valence electrons. The SMILES string of the molecule is COc1cc(F)c(C(Br)C2CCCC2C)c(F)c1. The summed E-state index contributed by atoms with van der Waals surface area (Å²) in [6.45, 7) is 2.14. The molecule has 0 aliphatic heterocycles. The molecule has 1 aromatic carbocycles. The first-order valence-electron chi connectivity index (χ1n) is 6.21. The van der Waals surface area contributed by atoms with Gasteiger partial charge in [0.15, 0.2) is 0 Å². The molecular formula is C14H17BrF2O. The van der Waals surface area contributed by atoms with Gasteiger partial charge in [-0.15, -0.1) is 0 Å². The number of rotatable bonds is 3. The van der Waals surface area contributed by atoms with Crippen molar-refractivity contribution in [1.82, 2.24) is 0 Å². The molecule has 0 bridgehead atoms. The van der Waals surface area contributed by atoms with E-state index in [4.69, 9.17) is 4.74 Å². The maximum absolute atomic E-state index is 14.0. The lowest BCUT2D eigenvalue weighted by molar-refractivity contribution is 0.387. The summed E-state index contributed by atoms with van der Waals surface area (Å²) in [5, 5.41) is 0. The second-order valence-corrected chi connectivity index (χ2v) is 5.97. The lowest BCUT2D eigenvalue weighted by Crippen LogP contribution is -2.13. The zero-order valence-electron chi connectivity index (χ0n) is 10.6. The van der Waals surface area contributed by atoms with Crippen LogP contribution in [0.3, 0.4) is 0 Å². The lowest BCUT2D eigenvalue weighted by Gasteiger charge is -2.23. The van der Waals surface area contributed by atoms with E-state index in [2.05, 4.69) is 22.9 Å². The highest BCUT2D eigenvalue weighted by Gasteiger charge is 2.33. The van der Waals surface area contributed by atoms with Crippen LogP contribution in [0.25, 0.3) is 0 Å². The molecule has 2 rings (SSSR count). The minimum atomic E-state index is -0.534. The number of alkyl halides is 1. The predicted molar refractivity (Wildman–Crippen MR) is 71.1 cm³/mol. The van der Waals surface area contributed by atoms with Crippen molar-refractivity contribution in [2.24, 2.45) is 11.8 Å². The average molecular weight is 319 g/mol. The van der Waals surface area contributed by atoms with Crippen molar-refractivity contribution >= 4 is 15.9 Å². The Labute approximate surface area is 115 Å². The summed E-state index contributed by atoms with van der Waals surface area (Å²) in [6.07, 6.45) is 3.28. The number of benzene rings is 1. The van der Waals surface area contributed by atoms with Gasteiger partial charge in [-0.1, -0.05) is 35.7 Å². The van der Waals surface area contributed by atoms with Gasteiger partial charge in [0.25, 0.3) is 0 Å². The summed E-state index contributed by atoms with van der Waals surface area (Å²) in [6, 6.07) is 2.48. The zero-order chi connectivity index (χ0) is 13.3. The van der Waals surface area contributed by atoms with Gasteiger partial charge in [-0.2, -0.15) is 0 Å². The third-order valence-corrected chi connectivity index (χ3v) is 5.00. The van der Waals surface area contributed by atoms with E-state index in [-0.39, 0.29) is 16.1 Å². The van der Waals surface area contributed by atoms with Gasteiger partial charge in [-0.05, 0) is 18.3 Å². The van der Waals surface area contributed by atoms with Crippen LogP contribution in [0, 0.1) is 23.5 Å². The second kappa shape index (κ2) is 5.55. The van der Waals surface area contributed by atoms with Crippen molar-refractivity contribution in [2.45, 2.75) is 31.0 Å². The van der Waals surface area contributed by atoms with Gasteiger partial charge in [0.2, 0.25) is 0 Å². The summed E-state index contributed by atoms with van der Waals surface area (Å²) in [7, 11) is 1.40. The van der Waals surface area contributed by atoms with Crippen LogP contribution in [-0.2, 0) is 0 Å². The second-order valence-electron chi connectivity index (χ2n) is 4.98. The van der Waals surface area contributed by atoms with Crippen LogP contribution in [0.2, 0.25) is 0 Å². The molecule has 0 heterocycles. The molecule has 1 nitrogen and oxygen atoms in total. The normalized spacial score (nSPS) is 25.2. The third kappa shape index (κ3) is 2.53. The van der Waals surface area contributed by atoms with Crippen LogP contribution < -0.4 is 4.74 Å². The molecule has 4 heteroatoms. The summed E-state index contributed by atoms with van der Waals surface area (Å²) in [4.78, 5) is -0.263. The van der Waals surface area contributed by atoms with Crippen molar-refractivity contribution in [3.8, 4) is 5.75 Å². The Balaban J connectivity index is 2.32. The van der Waals surface area contributed by atoms with Crippen LogP contribution in [0.15, 0.2) is 12.1 Å². The molecule has 0 aromatic heterocycles. The number of halogens is 3. The molecular weight excluding hydrogens is 302 g/mol. The Morgan fingerprint density at radius 1 is 1.28 bits per heavy atom. The van der Waals surface area contributed by atoms with Gasteiger partial charge in [0.05, 0.1) is 7.11 Å². The van der Waals surface area contributed by atoms with Crippen molar-refractivity contribution in [3.63, 3.8) is 0 Å². The number of ether oxygens (including phenoxy) is 1. The molecule has 3 atom stereocenters. The summed E-state index contributed by atoms with van der Waals surface area (Å²) >= 11 is 3.48. The molecule has 1 aromatic rings. The lowest BCUT2D eigenvalue weighted by atomic mass is 9.90. The fourth-order valence-corrected chi connectivity index (χ4v) is 3.99. The van der Waals surface area contributed by atoms with E-state index in [1.807, 2.05) is 0 Å². The fraction of sp³-hybridized carbons (Fsp3) is 0.571. The van der Waals surface area contributed by atoms with Crippen LogP contribution in [0.1, 0.15) is 36.6 Å².